The number of halogens is 1. The molecule has 0 atom stereocenters. The molecule has 0 saturated carbocycles. The molecular formula is C15H23BrN4O. The quantitative estimate of drug-likeness (QED) is 0.448. The van der Waals surface area contributed by atoms with E-state index in [4.69, 9.17) is 5.73 Å². The number of rotatable bonds is 7. The third-order valence-corrected chi connectivity index (χ3v) is 3.56. The van der Waals surface area contributed by atoms with Gasteiger partial charge in [-0.05, 0) is 38.5 Å². The first-order chi connectivity index (χ1) is 10.1. The van der Waals surface area contributed by atoms with E-state index in [0.717, 1.165) is 24.0 Å². The number of nitrogens with two attached hydrogens (primary N) is 1. The fraction of sp³-hybridized carbons (Fsp3) is 0.467. The van der Waals surface area contributed by atoms with Gasteiger partial charge in [-0.25, -0.2) is 0 Å². The smallest absolute Gasteiger partial charge is 0.251 e. The molecule has 0 aliphatic heterocycles. The summed E-state index contributed by atoms with van der Waals surface area (Å²) in [6.45, 7) is 6.99. The Labute approximate surface area is 134 Å². The van der Waals surface area contributed by atoms with Crippen molar-refractivity contribution in [2.24, 2.45) is 10.7 Å². The van der Waals surface area contributed by atoms with Crippen LogP contribution in [0.25, 0.3) is 0 Å². The third kappa shape index (κ3) is 6.16. The largest absolute Gasteiger partial charge is 0.370 e. The van der Waals surface area contributed by atoms with Crippen molar-refractivity contribution >= 4 is 27.8 Å². The minimum atomic E-state index is -0.0722. The maximum atomic E-state index is 11.9. The zero-order valence-corrected chi connectivity index (χ0v) is 14.2. The van der Waals surface area contributed by atoms with Gasteiger partial charge in [-0.15, -0.1) is 0 Å². The second-order valence-corrected chi connectivity index (χ2v) is 5.45. The summed E-state index contributed by atoms with van der Waals surface area (Å²) in [4.78, 5) is 18.2. The van der Waals surface area contributed by atoms with Gasteiger partial charge in [0.15, 0.2) is 5.96 Å². The zero-order valence-electron chi connectivity index (χ0n) is 12.6. The van der Waals surface area contributed by atoms with Gasteiger partial charge in [-0.1, -0.05) is 22.0 Å². The lowest BCUT2D eigenvalue weighted by Crippen LogP contribution is -2.37. The molecule has 3 N–H and O–H groups in total. The summed E-state index contributed by atoms with van der Waals surface area (Å²) < 4.78 is 0.895. The average Bonchev–Trinajstić information content (AvgIpc) is 2.48. The number of guanidine groups is 1. The Kier molecular flexibility index (Phi) is 7.82. The van der Waals surface area contributed by atoms with Crippen LogP contribution in [0.2, 0.25) is 0 Å². The maximum absolute atomic E-state index is 11.9. The van der Waals surface area contributed by atoms with E-state index in [1.165, 1.54) is 0 Å². The molecule has 1 rings (SSSR count). The molecule has 0 heterocycles. The molecule has 0 fully saturated rings. The van der Waals surface area contributed by atoms with Crippen molar-refractivity contribution in [3.05, 3.63) is 34.3 Å². The Balaban J connectivity index is 2.31. The average molecular weight is 355 g/mol. The van der Waals surface area contributed by atoms with Crippen LogP contribution in [-0.2, 0) is 0 Å². The molecule has 21 heavy (non-hydrogen) atoms. The molecule has 0 saturated heterocycles. The van der Waals surface area contributed by atoms with Gasteiger partial charge in [-0.2, -0.15) is 0 Å². The van der Waals surface area contributed by atoms with Crippen molar-refractivity contribution in [3.63, 3.8) is 0 Å². The molecule has 116 valence electrons. The lowest BCUT2D eigenvalue weighted by Gasteiger charge is -2.19. The summed E-state index contributed by atoms with van der Waals surface area (Å²) >= 11 is 3.35. The van der Waals surface area contributed by atoms with Crippen molar-refractivity contribution < 1.29 is 4.79 Å². The molecule has 1 amide bonds. The van der Waals surface area contributed by atoms with Crippen molar-refractivity contribution in [1.29, 1.82) is 0 Å². The molecule has 0 radical (unpaired) electrons. The Morgan fingerprint density at radius 1 is 1.38 bits per heavy atom. The van der Waals surface area contributed by atoms with E-state index in [0.29, 0.717) is 24.6 Å². The lowest BCUT2D eigenvalue weighted by atomic mass is 10.2. The standard InChI is InChI=1S/C15H23BrN4O/c1-3-20(4-2)15(17)19-10-6-9-18-14(21)12-7-5-8-13(16)11-12/h5,7-8,11H,3-4,6,9-10H2,1-2H3,(H2,17,19)(H,18,21). The predicted molar refractivity (Wildman–Crippen MR) is 90.5 cm³/mol. The Bertz CT molecular complexity index is 486. The number of nitrogens with zero attached hydrogens (tertiary/aromatic N) is 2. The molecule has 1 aromatic rings. The fourth-order valence-corrected chi connectivity index (χ4v) is 2.25. The van der Waals surface area contributed by atoms with E-state index >= 15 is 0 Å². The molecule has 6 heteroatoms. The summed E-state index contributed by atoms with van der Waals surface area (Å²) in [5, 5.41) is 2.87. The summed E-state index contributed by atoms with van der Waals surface area (Å²) in [6, 6.07) is 7.32. The maximum Gasteiger partial charge on any atom is 0.251 e. The van der Waals surface area contributed by atoms with Crippen molar-refractivity contribution in [2.75, 3.05) is 26.2 Å². The number of carbonyl (C=O) groups excluding carboxylic acids is 1. The highest BCUT2D eigenvalue weighted by molar-refractivity contribution is 9.10. The molecular weight excluding hydrogens is 332 g/mol. The second kappa shape index (κ2) is 9.39. The van der Waals surface area contributed by atoms with Crippen LogP contribution in [0, 0.1) is 0 Å². The molecule has 0 aliphatic carbocycles. The van der Waals surface area contributed by atoms with Crippen LogP contribution in [0.5, 0.6) is 0 Å². The second-order valence-electron chi connectivity index (χ2n) is 4.53. The van der Waals surface area contributed by atoms with E-state index in [-0.39, 0.29) is 5.91 Å². The minimum absolute atomic E-state index is 0.0722. The van der Waals surface area contributed by atoms with Gasteiger partial charge in [-0.3, -0.25) is 9.79 Å². The van der Waals surface area contributed by atoms with Crippen LogP contribution in [0.15, 0.2) is 33.7 Å². The SMILES string of the molecule is CCN(CC)C(N)=NCCCNC(=O)c1cccc(Br)c1. The number of benzene rings is 1. The van der Waals surface area contributed by atoms with Gasteiger partial charge in [0.1, 0.15) is 0 Å². The van der Waals surface area contributed by atoms with Gasteiger partial charge < -0.3 is 16.0 Å². The van der Waals surface area contributed by atoms with Gasteiger partial charge in [0.25, 0.3) is 5.91 Å². The molecule has 0 aliphatic rings. The molecule has 5 nitrogen and oxygen atoms in total. The number of carbonyl (C=O) groups is 1. The van der Waals surface area contributed by atoms with E-state index < -0.39 is 0 Å². The Hall–Kier alpha value is -1.56. The van der Waals surface area contributed by atoms with Crippen molar-refractivity contribution in [1.82, 2.24) is 10.2 Å². The number of hydrogen-bond donors (Lipinski definition) is 2. The predicted octanol–water partition coefficient (Wildman–Crippen LogP) is 2.23. The van der Waals surface area contributed by atoms with Crippen molar-refractivity contribution in [2.45, 2.75) is 20.3 Å². The van der Waals surface area contributed by atoms with E-state index in [1.54, 1.807) is 12.1 Å². The van der Waals surface area contributed by atoms with Gasteiger partial charge >= 0.3 is 0 Å². The summed E-state index contributed by atoms with van der Waals surface area (Å²) in [6.07, 6.45) is 0.766. The highest BCUT2D eigenvalue weighted by Crippen LogP contribution is 2.11. The van der Waals surface area contributed by atoms with Crippen LogP contribution in [0.3, 0.4) is 0 Å². The van der Waals surface area contributed by atoms with Gasteiger partial charge in [0, 0.05) is 36.2 Å². The van der Waals surface area contributed by atoms with Crippen LogP contribution >= 0.6 is 15.9 Å². The molecule has 0 bridgehead atoms. The summed E-state index contributed by atoms with van der Waals surface area (Å²) in [5.74, 6) is 0.496. The number of hydrogen-bond acceptors (Lipinski definition) is 2. The van der Waals surface area contributed by atoms with Gasteiger partial charge in [0.2, 0.25) is 0 Å². The van der Waals surface area contributed by atoms with Crippen LogP contribution < -0.4 is 11.1 Å². The molecule has 0 unspecified atom stereocenters. The van der Waals surface area contributed by atoms with E-state index in [9.17, 15) is 4.79 Å². The fourth-order valence-electron chi connectivity index (χ4n) is 1.85. The Morgan fingerprint density at radius 2 is 2.10 bits per heavy atom. The minimum Gasteiger partial charge on any atom is -0.370 e. The normalized spacial score (nSPS) is 11.3. The number of amides is 1. The van der Waals surface area contributed by atoms with Crippen LogP contribution in [-0.4, -0.2) is 42.9 Å². The number of aliphatic imine (C=N–C) groups is 1. The first-order valence-corrected chi connectivity index (χ1v) is 7.96. The Morgan fingerprint density at radius 3 is 2.71 bits per heavy atom. The van der Waals surface area contributed by atoms with Gasteiger partial charge in [0.05, 0.1) is 0 Å². The molecule has 1 aromatic carbocycles. The molecule has 0 spiro atoms. The third-order valence-electron chi connectivity index (χ3n) is 3.07. The van der Waals surface area contributed by atoms with Crippen LogP contribution in [0.1, 0.15) is 30.6 Å². The highest BCUT2D eigenvalue weighted by atomic mass is 79.9. The van der Waals surface area contributed by atoms with Crippen molar-refractivity contribution in [3.8, 4) is 0 Å². The topological polar surface area (TPSA) is 70.7 Å². The van der Waals surface area contributed by atoms with E-state index in [2.05, 4.69) is 26.2 Å². The lowest BCUT2D eigenvalue weighted by molar-refractivity contribution is 0.0953. The number of nitrogens with one attached hydrogen (secondary N) is 1. The summed E-state index contributed by atoms with van der Waals surface area (Å²) in [7, 11) is 0. The highest BCUT2D eigenvalue weighted by Gasteiger charge is 2.05. The van der Waals surface area contributed by atoms with Crippen LogP contribution in [0.4, 0.5) is 0 Å². The first kappa shape index (κ1) is 17.5. The monoisotopic (exact) mass is 354 g/mol. The molecule has 0 aromatic heterocycles. The zero-order chi connectivity index (χ0) is 15.7. The van der Waals surface area contributed by atoms with E-state index in [1.807, 2.05) is 30.9 Å². The first-order valence-electron chi connectivity index (χ1n) is 7.17. The summed E-state index contributed by atoms with van der Waals surface area (Å²) in [5.41, 5.74) is 6.52.